The van der Waals surface area contributed by atoms with E-state index in [9.17, 15) is 4.79 Å². The Morgan fingerprint density at radius 2 is 2.12 bits per heavy atom. The topological polar surface area (TPSA) is 72.1 Å². The van der Waals surface area contributed by atoms with E-state index >= 15 is 0 Å². The monoisotopic (exact) mass is 336 g/mol. The van der Waals surface area contributed by atoms with Gasteiger partial charge in [0.15, 0.2) is 5.76 Å². The molecule has 25 heavy (non-hydrogen) atoms. The fourth-order valence-corrected chi connectivity index (χ4v) is 3.09. The van der Waals surface area contributed by atoms with Gasteiger partial charge in [0.2, 0.25) is 0 Å². The first kappa shape index (κ1) is 15.7. The second kappa shape index (κ2) is 6.94. The van der Waals surface area contributed by atoms with E-state index in [1.54, 1.807) is 17.0 Å². The van der Waals surface area contributed by atoms with Crippen molar-refractivity contribution in [2.75, 3.05) is 13.1 Å². The summed E-state index contributed by atoms with van der Waals surface area (Å²) in [6.45, 7) is 1.81. The molecule has 0 radical (unpaired) electrons. The molecule has 4 rings (SSSR count). The fraction of sp³-hybridized carbons (Fsp3) is 0.263. The highest BCUT2D eigenvalue weighted by molar-refractivity contribution is 5.94. The Morgan fingerprint density at radius 1 is 1.24 bits per heavy atom. The van der Waals surface area contributed by atoms with Gasteiger partial charge in [0.1, 0.15) is 11.4 Å². The minimum atomic E-state index is -0.122. The molecule has 3 aromatic rings. The van der Waals surface area contributed by atoms with Crippen LogP contribution in [0, 0.1) is 0 Å². The molecule has 1 amide bonds. The third kappa shape index (κ3) is 3.34. The van der Waals surface area contributed by atoms with Crippen LogP contribution in [0.5, 0.6) is 0 Å². The lowest BCUT2D eigenvalue weighted by Crippen LogP contribution is -2.46. The van der Waals surface area contributed by atoms with Gasteiger partial charge in [-0.3, -0.25) is 4.79 Å². The first-order chi connectivity index (χ1) is 12.3. The lowest BCUT2D eigenvalue weighted by molar-refractivity contribution is 0.0923. The molecule has 1 aromatic carbocycles. The summed E-state index contributed by atoms with van der Waals surface area (Å²) in [5.74, 6) is 0.519. The molecule has 2 N–H and O–H groups in total. The number of nitrogens with one attached hydrogen (secondary N) is 2. The molecule has 0 saturated carbocycles. The van der Waals surface area contributed by atoms with Gasteiger partial charge < -0.3 is 15.1 Å². The van der Waals surface area contributed by atoms with Gasteiger partial charge in [0.05, 0.1) is 12.0 Å². The SMILES string of the molecule is O=C(N[C@H]1CCCNC1)c1cc(-c2ccco2)nn1-c1ccccc1. The van der Waals surface area contributed by atoms with Gasteiger partial charge in [-0.2, -0.15) is 5.10 Å². The predicted molar refractivity (Wildman–Crippen MR) is 94.6 cm³/mol. The number of amides is 1. The van der Waals surface area contributed by atoms with Crippen molar-refractivity contribution in [2.24, 2.45) is 0 Å². The van der Waals surface area contributed by atoms with Gasteiger partial charge in [0.25, 0.3) is 5.91 Å². The van der Waals surface area contributed by atoms with Gasteiger partial charge in [0, 0.05) is 18.7 Å². The van der Waals surface area contributed by atoms with E-state index in [1.807, 2.05) is 42.5 Å². The van der Waals surface area contributed by atoms with Crippen LogP contribution in [0.2, 0.25) is 0 Å². The molecular weight excluding hydrogens is 316 g/mol. The van der Waals surface area contributed by atoms with Crippen LogP contribution in [0.15, 0.2) is 59.2 Å². The molecule has 3 heterocycles. The summed E-state index contributed by atoms with van der Waals surface area (Å²) in [7, 11) is 0. The van der Waals surface area contributed by atoms with Crippen LogP contribution >= 0.6 is 0 Å². The smallest absolute Gasteiger partial charge is 0.270 e. The Bertz CT molecular complexity index is 834. The molecule has 0 unspecified atom stereocenters. The number of furan rings is 1. The minimum absolute atomic E-state index is 0.122. The van der Waals surface area contributed by atoms with Crippen molar-refractivity contribution in [2.45, 2.75) is 18.9 Å². The largest absolute Gasteiger partial charge is 0.463 e. The average molecular weight is 336 g/mol. The van der Waals surface area contributed by atoms with E-state index in [-0.39, 0.29) is 11.9 Å². The molecule has 1 aliphatic heterocycles. The Balaban J connectivity index is 1.68. The molecular formula is C19H20N4O2. The Labute approximate surface area is 145 Å². The lowest BCUT2D eigenvalue weighted by Gasteiger charge is -2.23. The Hall–Kier alpha value is -2.86. The maximum atomic E-state index is 12.9. The van der Waals surface area contributed by atoms with Crippen molar-refractivity contribution < 1.29 is 9.21 Å². The molecule has 0 spiro atoms. The highest BCUT2D eigenvalue weighted by Crippen LogP contribution is 2.22. The van der Waals surface area contributed by atoms with Crippen molar-refractivity contribution in [3.63, 3.8) is 0 Å². The summed E-state index contributed by atoms with van der Waals surface area (Å²) in [5.41, 5.74) is 1.98. The van der Waals surface area contributed by atoms with E-state index in [1.165, 1.54) is 0 Å². The van der Waals surface area contributed by atoms with Gasteiger partial charge in [-0.1, -0.05) is 18.2 Å². The number of carbonyl (C=O) groups excluding carboxylic acids is 1. The summed E-state index contributed by atoms with van der Waals surface area (Å²) in [6.07, 6.45) is 3.66. The van der Waals surface area contributed by atoms with E-state index in [0.717, 1.165) is 31.6 Å². The average Bonchev–Trinajstić information content (AvgIpc) is 3.33. The van der Waals surface area contributed by atoms with E-state index in [4.69, 9.17) is 4.42 Å². The summed E-state index contributed by atoms with van der Waals surface area (Å²) in [6, 6.07) is 15.2. The maximum absolute atomic E-state index is 12.9. The fourth-order valence-electron chi connectivity index (χ4n) is 3.09. The summed E-state index contributed by atoms with van der Waals surface area (Å²) in [5, 5.41) is 11.0. The second-order valence-electron chi connectivity index (χ2n) is 6.16. The van der Waals surface area contributed by atoms with E-state index in [0.29, 0.717) is 17.1 Å². The number of piperidine rings is 1. The molecule has 1 atom stereocenters. The minimum Gasteiger partial charge on any atom is -0.463 e. The molecule has 1 saturated heterocycles. The standard InChI is InChI=1S/C19H20N4O2/c24-19(21-14-6-4-10-20-13-14)17-12-16(18-9-5-11-25-18)22-23(17)15-7-2-1-3-8-15/h1-3,5,7-9,11-12,14,20H,4,6,10,13H2,(H,21,24)/t14-/m0/s1. The van der Waals surface area contributed by atoms with Gasteiger partial charge in [-0.05, 0) is 43.7 Å². The number of aromatic nitrogens is 2. The number of carbonyl (C=O) groups is 1. The van der Waals surface area contributed by atoms with Gasteiger partial charge in [-0.15, -0.1) is 0 Å². The normalized spacial score (nSPS) is 17.4. The molecule has 1 fully saturated rings. The van der Waals surface area contributed by atoms with Crippen molar-refractivity contribution in [3.8, 4) is 17.1 Å². The van der Waals surface area contributed by atoms with Crippen LogP contribution in [-0.4, -0.2) is 34.8 Å². The molecule has 0 bridgehead atoms. The number of hydrogen-bond acceptors (Lipinski definition) is 4. The predicted octanol–water partition coefficient (Wildman–Crippen LogP) is 2.61. The van der Waals surface area contributed by atoms with E-state index < -0.39 is 0 Å². The highest BCUT2D eigenvalue weighted by atomic mass is 16.3. The highest BCUT2D eigenvalue weighted by Gasteiger charge is 2.22. The van der Waals surface area contributed by atoms with Gasteiger partial charge >= 0.3 is 0 Å². The summed E-state index contributed by atoms with van der Waals surface area (Å²) >= 11 is 0. The van der Waals surface area contributed by atoms with Crippen molar-refractivity contribution in [3.05, 3.63) is 60.5 Å². The van der Waals surface area contributed by atoms with E-state index in [2.05, 4.69) is 15.7 Å². The molecule has 6 nitrogen and oxygen atoms in total. The number of para-hydroxylation sites is 1. The van der Waals surface area contributed by atoms with Gasteiger partial charge in [-0.25, -0.2) is 4.68 Å². The zero-order valence-corrected chi connectivity index (χ0v) is 13.8. The quantitative estimate of drug-likeness (QED) is 0.768. The van der Waals surface area contributed by atoms with Crippen LogP contribution in [0.1, 0.15) is 23.3 Å². The number of benzene rings is 1. The Kier molecular flexibility index (Phi) is 4.35. The Morgan fingerprint density at radius 3 is 2.84 bits per heavy atom. The molecule has 0 aliphatic carbocycles. The van der Waals surface area contributed by atoms with Crippen LogP contribution in [0.4, 0.5) is 0 Å². The summed E-state index contributed by atoms with van der Waals surface area (Å²) < 4.78 is 7.11. The first-order valence-electron chi connectivity index (χ1n) is 8.52. The van der Waals surface area contributed by atoms with Crippen molar-refractivity contribution in [1.29, 1.82) is 0 Å². The molecule has 6 heteroatoms. The first-order valence-corrected chi connectivity index (χ1v) is 8.52. The molecule has 128 valence electrons. The third-order valence-electron chi connectivity index (χ3n) is 4.35. The number of nitrogens with zero attached hydrogens (tertiary/aromatic N) is 2. The number of hydrogen-bond donors (Lipinski definition) is 2. The lowest BCUT2D eigenvalue weighted by atomic mass is 10.1. The van der Waals surface area contributed by atoms with Crippen LogP contribution in [-0.2, 0) is 0 Å². The zero-order valence-electron chi connectivity index (χ0n) is 13.8. The van der Waals surface area contributed by atoms with Crippen LogP contribution < -0.4 is 10.6 Å². The van der Waals surface area contributed by atoms with Crippen LogP contribution in [0.25, 0.3) is 17.1 Å². The van der Waals surface area contributed by atoms with Crippen molar-refractivity contribution in [1.82, 2.24) is 20.4 Å². The van der Waals surface area contributed by atoms with Crippen LogP contribution in [0.3, 0.4) is 0 Å². The second-order valence-corrected chi connectivity index (χ2v) is 6.16. The maximum Gasteiger partial charge on any atom is 0.270 e. The number of rotatable bonds is 4. The third-order valence-corrected chi connectivity index (χ3v) is 4.35. The zero-order chi connectivity index (χ0) is 17.1. The summed E-state index contributed by atoms with van der Waals surface area (Å²) in [4.78, 5) is 12.9. The molecule has 1 aliphatic rings. The van der Waals surface area contributed by atoms with Crippen molar-refractivity contribution >= 4 is 5.91 Å². The molecule has 2 aromatic heterocycles.